The van der Waals surface area contributed by atoms with E-state index in [1.165, 1.54) is 22.3 Å². The van der Waals surface area contributed by atoms with E-state index in [-0.39, 0.29) is 6.04 Å². The SMILES string of the molecule is Cc1cccc(C)c1-c1ccc2c(n1)oc1c(-c3nc4ccccc4n3C(C)C)ccc(C)c12. The van der Waals surface area contributed by atoms with Crippen LogP contribution in [-0.2, 0) is 0 Å². The minimum atomic E-state index is 0.261. The topological polar surface area (TPSA) is 43.9 Å². The summed E-state index contributed by atoms with van der Waals surface area (Å²) in [7, 11) is 0. The molecule has 3 heterocycles. The first-order valence-electron chi connectivity index (χ1n) is 11.8. The second-order valence-electron chi connectivity index (χ2n) is 9.44. The third-order valence-electron chi connectivity index (χ3n) is 6.78. The Morgan fingerprint density at radius 1 is 0.765 bits per heavy atom. The molecule has 168 valence electrons. The Morgan fingerprint density at radius 2 is 1.53 bits per heavy atom. The molecule has 34 heavy (non-hydrogen) atoms. The molecule has 0 spiro atoms. The molecule has 3 aromatic carbocycles. The fourth-order valence-corrected chi connectivity index (χ4v) is 5.22. The van der Waals surface area contributed by atoms with Crippen molar-refractivity contribution in [2.24, 2.45) is 0 Å². The van der Waals surface area contributed by atoms with Crippen LogP contribution in [0.25, 0.3) is 55.7 Å². The highest BCUT2D eigenvalue weighted by molar-refractivity contribution is 6.10. The van der Waals surface area contributed by atoms with E-state index in [9.17, 15) is 0 Å². The Morgan fingerprint density at radius 3 is 2.29 bits per heavy atom. The zero-order valence-electron chi connectivity index (χ0n) is 20.2. The van der Waals surface area contributed by atoms with Crippen LogP contribution >= 0.6 is 0 Å². The smallest absolute Gasteiger partial charge is 0.227 e. The molecule has 0 amide bonds. The lowest BCUT2D eigenvalue weighted by Gasteiger charge is -2.13. The summed E-state index contributed by atoms with van der Waals surface area (Å²) in [5.41, 5.74) is 10.3. The summed E-state index contributed by atoms with van der Waals surface area (Å²) in [6, 6.07) is 23.5. The normalized spacial score (nSPS) is 11.9. The first-order valence-corrected chi connectivity index (χ1v) is 11.8. The van der Waals surface area contributed by atoms with E-state index in [1.807, 2.05) is 6.07 Å². The fraction of sp³-hybridized carbons (Fsp3) is 0.200. The highest BCUT2D eigenvalue weighted by atomic mass is 16.3. The van der Waals surface area contributed by atoms with Crippen LogP contribution in [-0.4, -0.2) is 14.5 Å². The zero-order valence-corrected chi connectivity index (χ0v) is 20.2. The van der Waals surface area contributed by atoms with Gasteiger partial charge in [0.15, 0.2) is 0 Å². The molecule has 0 atom stereocenters. The minimum absolute atomic E-state index is 0.261. The maximum Gasteiger partial charge on any atom is 0.227 e. The molecule has 0 aliphatic rings. The Hall–Kier alpha value is -3.92. The van der Waals surface area contributed by atoms with E-state index in [2.05, 4.69) is 99.8 Å². The number of aryl methyl sites for hydroxylation is 3. The number of benzene rings is 3. The van der Waals surface area contributed by atoms with Crippen LogP contribution in [0.15, 0.2) is 71.1 Å². The summed E-state index contributed by atoms with van der Waals surface area (Å²) in [5, 5.41) is 2.15. The molecule has 3 aromatic heterocycles. The van der Waals surface area contributed by atoms with Crippen LogP contribution in [0.1, 0.15) is 36.6 Å². The number of aromatic nitrogens is 3. The second-order valence-corrected chi connectivity index (χ2v) is 9.44. The van der Waals surface area contributed by atoms with Crippen molar-refractivity contribution in [1.29, 1.82) is 0 Å². The number of furan rings is 1. The van der Waals surface area contributed by atoms with Crippen LogP contribution in [0.4, 0.5) is 0 Å². The van der Waals surface area contributed by atoms with Crippen molar-refractivity contribution < 1.29 is 4.42 Å². The van der Waals surface area contributed by atoms with Crippen molar-refractivity contribution in [2.45, 2.75) is 40.7 Å². The van der Waals surface area contributed by atoms with Gasteiger partial charge in [-0.3, -0.25) is 0 Å². The van der Waals surface area contributed by atoms with Crippen LogP contribution in [0.2, 0.25) is 0 Å². The van der Waals surface area contributed by atoms with Gasteiger partial charge in [0.2, 0.25) is 5.71 Å². The van der Waals surface area contributed by atoms with Gasteiger partial charge >= 0.3 is 0 Å². The lowest BCUT2D eigenvalue weighted by atomic mass is 9.99. The Kier molecular flexibility index (Phi) is 4.59. The molecule has 0 fully saturated rings. The summed E-state index contributed by atoms with van der Waals surface area (Å²) in [5.74, 6) is 0.926. The number of hydrogen-bond acceptors (Lipinski definition) is 3. The average molecular weight is 446 g/mol. The van der Waals surface area contributed by atoms with Crippen molar-refractivity contribution >= 4 is 33.1 Å². The highest BCUT2D eigenvalue weighted by Crippen LogP contribution is 2.39. The van der Waals surface area contributed by atoms with Crippen LogP contribution in [0, 0.1) is 20.8 Å². The predicted octanol–water partition coefficient (Wildman–Crippen LogP) is 8.17. The molecule has 0 unspecified atom stereocenters. The third-order valence-corrected chi connectivity index (χ3v) is 6.78. The van der Waals surface area contributed by atoms with Crippen molar-refractivity contribution in [3.05, 3.63) is 83.4 Å². The van der Waals surface area contributed by atoms with Crippen molar-refractivity contribution in [1.82, 2.24) is 14.5 Å². The fourth-order valence-electron chi connectivity index (χ4n) is 5.22. The molecule has 0 radical (unpaired) electrons. The quantitative estimate of drug-likeness (QED) is 0.276. The van der Waals surface area contributed by atoms with Gasteiger partial charge in [-0.1, -0.05) is 36.4 Å². The van der Waals surface area contributed by atoms with Crippen molar-refractivity contribution in [3.63, 3.8) is 0 Å². The standard InChI is InChI=1S/C30H27N3O/c1-17(2)33-25-12-7-6-11-23(25)31-29(33)22-14-13-20(5)27-21-15-16-24(32-30(21)34-28(22)27)26-18(3)9-8-10-19(26)4/h6-17H,1-5H3. The van der Waals surface area contributed by atoms with E-state index in [4.69, 9.17) is 14.4 Å². The molecule has 4 heteroatoms. The van der Waals surface area contributed by atoms with E-state index < -0.39 is 0 Å². The lowest BCUT2D eigenvalue weighted by molar-refractivity contribution is 0.621. The Labute approximate surface area is 198 Å². The van der Waals surface area contributed by atoms with Gasteiger partial charge in [-0.05, 0) is 81.6 Å². The first-order chi connectivity index (χ1) is 16.4. The molecule has 6 rings (SSSR count). The monoisotopic (exact) mass is 445 g/mol. The summed E-state index contributed by atoms with van der Waals surface area (Å²) in [6.07, 6.45) is 0. The lowest BCUT2D eigenvalue weighted by Crippen LogP contribution is -2.03. The van der Waals surface area contributed by atoms with E-state index in [1.54, 1.807) is 0 Å². The van der Waals surface area contributed by atoms with Crippen LogP contribution in [0.3, 0.4) is 0 Å². The van der Waals surface area contributed by atoms with E-state index in [0.717, 1.165) is 44.5 Å². The van der Waals surface area contributed by atoms with Gasteiger partial charge in [0.1, 0.15) is 11.4 Å². The predicted molar refractivity (Wildman–Crippen MR) is 140 cm³/mol. The zero-order chi connectivity index (χ0) is 23.6. The molecule has 0 saturated heterocycles. The molecule has 6 aromatic rings. The van der Waals surface area contributed by atoms with Crippen LogP contribution < -0.4 is 0 Å². The molecule has 0 saturated carbocycles. The van der Waals surface area contributed by atoms with E-state index >= 15 is 0 Å². The average Bonchev–Trinajstić information content (AvgIpc) is 3.38. The van der Waals surface area contributed by atoms with Gasteiger partial charge in [0, 0.05) is 22.4 Å². The molecule has 0 bridgehead atoms. The summed E-state index contributed by atoms with van der Waals surface area (Å²) < 4.78 is 8.82. The number of nitrogens with zero attached hydrogens (tertiary/aromatic N) is 3. The molecule has 0 N–H and O–H groups in total. The second kappa shape index (κ2) is 7.56. The highest BCUT2D eigenvalue weighted by Gasteiger charge is 2.21. The summed E-state index contributed by atoms with van der Waals surface area (Å²) >= 11 is 0. The van der Waals surface area contributed by atoms with Crippen molar-refractivity contribution in [3.8, 4) is 22.6 Å². The van der Waals surface area contributed by atoms with Gasteiger partial charge in [0.25, 0.3) is 0 Å². The first kappa shape index (κ1) is 20.7. The van der Waals surface area contributed by atoms with Crippen molar-refractivity contribution in [2.75, 3.05) is 0 Å². The number of hydrogen-bond donors (Lipinski definition) is 0. The van der Waals surface area contributed by atoms with Gasteiger partial charge in [-0.15, -0.1) is 0 Å². The molecular weight excluding hydrogens is 418 g/mol. The summed E-state index contributed by atoms with van der Waals surface area (Å²) in [6.45, 7) is 10.8. The van der Waals surface area contributed by atoms with E-state index in [0.29, 0.717) is 5.71 Å². The number of fused-ring (bicyclic) bond motifs is 4. The van der Waals surface area contributed by atoms with Gasteiger partial charge in [-0.2, -0.15) is 0 Å². The molecular formula is C30H27N3O. The minimum Gasteiger partial charge on any atom is -0.437 e. The number of rotatable bonds is 3. The maximum atomic E-state index is 6.53. The number of para-hydroxylation sites is 2. The third kappa shape index (κ3) is 2.98. The number of pyridine rings is 1. The largest absolute Gasteiger partial charge is 0.437 e. The van der Waals surface area contributed by atoms with Crippen LogP contribution in [0.5, 0.6) is 0 Å². The summed E-state index contributed by atoms with van der Waals surface area (Å²) in [4.78, 5) is 10.0. The molecule has 4 nitrogen and oxygen atoms in total. The Balaban J connectivity index is 1.65. The number of imidazole rings is 1. The maximum absolute atomic E-state index is 6.53. The Bertz CT molecular complexity index is 1700. The van der Waals surface area contributed by atoms with Gasteiger partial charge < -0.3 is 8.98 Å². The van der Waals surface area contributed by atoms with Gasteiger partial charge in [-0.25, -0.2) is 9.97 Å². The van der Waals surface area contributed by atoms with Gasteiger partial charge in [0.05, 0.1) is 22.3 Å². The molecule has 0 aliphatic carbocycles. The molecule has 0 aliphatic heterocycles.